The van der Waals surface area contributed by atoms with E-state index >= 15 is 0 Å². The molecule has 0 fully saturated rings. The van der Waals surface area contributed by atoms with Crippen molar-refractivity contribution in [2.24, 2.45) is 0 Å². The largest absolute Gasteiger partial charge is 0.486 e. The third kappa shape index (κ3) is 19.6. The van der Waals surface area contributed by atoms with E-state index in [-0.39, 0.29) is 71.4 Å². The molecule has 547 valence electrons. The van der Waals surface area contributed by atoms with Crippen LogP contribution in [0.3, 0.4) is 0 Å². The summed E-state index contributed by atoms with van der Waals surface area (Å²) in [5.41, 5.74) is 23.4. The number of imidazole rings is 1. The van der Waals surface area contributed by atoms with Gasteiger partial charge in [-0.1, -0.05) is 125 Å². The van der Waals surface area contributed by atoms with Gasteiger partial charge in [-0.25, -0.2) is 9.97 Å². The van der Waals surface area contributed by atoms with Gasteiger partial charge in [-0.3, -0.25) is 4.98 Å². The van der Waals surface area contributed by atoms with Gasteiger partial charge in [0.25, 0.3) is 0 Å². The Labute approximate surface area is 686 Å². The van der Waals surface area contributed by atoms with Gasteiger partial charge in [0.15, 0.2) is 0 Å². The molecule has 0 bridgehead atoms. The molecule has 8 aromatic carbocycles. The SMILES string of the molecule is CC(C)c1ccccc1-n1c(-c2[c-]cccc2)nc2ccccc21.Cc1ccc(-c2[c-]cccc2)nc1.Cc1ccc2c(n1)oc1c(-c3ccccn3)[c-]ccc12.Cc1ccnc(-c2[c-]ccc3c2oc2nc(C)ccc23)c1.Cc1cnc(-c2[c-]cccc2)cc1C.[2H]C([2H])([2H])c1cnc(-c2[c-]cccc2)cc1C([2H])([2H])[2H].[Ir].[Ir].[Ir]. The number of rotatable bonds is 8. The van der Waals surface area contributed by atoms with E-state index in [1.807, 2.05) is 191 Å². The summed E-state index contributed by atoms with van der Waals surface area (Å²) in [4.78, 5) is 35.4. The number of para-hydroxylation sites is 3. The van der Waals surface area contributed by atoms with E-state index in [2.05, 4.69) is 177 Å². The van der Waals surface area contributed by atoms with E-state index in [0.717, 1.165) is 123 Å². The molecule has 10 heterocycles. The summed E-state index contributed by atoms with van der Waals surface area (Å²) in [5.74, 6) is 1.37. The molecule has 3 radical (unpaired) electrons. The normalized spacial score (nSPS) is 11.6. The minimum atomic E-state index is -2.50. The molecule has 109 heavy (non-hydrogen) atoms. The fourth-order valence-electron chi connectivity index (χ4n) is 11.8. The van der Waals surface area contributed by atoms with Crippen LogP contribution in [-0.4, -0.2) is 44.4 Å². The second-order valence-electron chi connectivity index (χ2n) is 25.5. The molecule has 0 aliphatic carbocycles. The van der Waals surface area contributed by atoms with E-state index in [4.69, 9.17) is 22.0 Å². The molecule has 10 aromatic heterocycles. The minimum Gasteiger partial charge on any atom is -0.486 e. The van der Waals surface area contributed by atoms with Crippen molar-refractivity contribution in [3.8, 4) is 73.4 Å². The van der Waals surface area contributed by atoms with Crippen molar-refractivity contribution in [1.29, 1.82) is 0 Å². The number of hydrogen-bond donors (Lipinski definition) is 0. The third-order valence-corrected chi connectivity index (χ3v) is 17.4. The Morgan fingerprint density at radius 1 is 0.367 bits per heavy atom. The zero-order valence-corrected chi connectivity index (χ0v) is 68.2. The molecule has 18 aromatic rings. The smallest absolute Gasteiger partial charge is 0.216 e. The van der Waals surface area contributed by atoms with Gasteiger partial charge in [0.05, 0.1) is 28.0 Å². The van der Waals surface area contributed by atoms with Crippen LogP contribution in [0.25, 0.3) is 129 Å². The topological polar surface area (TPSA) is 134 Å². The van der Waals surface area contributed by atoms with Gasteiger partial charge in [-0.15, -0.1) is 180 Å². The number of aryl methyl sites for hydroxylation is 8. The van der Waals surface area contributed by atoms with Gasteiger partial charge in [-0.2, -0.15) is 0 Å². The van der Waals surface area contributed by atoms with Crippen LogP contribution in [0.5, 0.6) is 0 Å². The first-order valence-corrected chi connectivity index (χ1v) is 34.7. The number of aromatic nitrogens is 9. The Morgan fingerprint density at radius 3 is 1.41 bits per heavy atom. The average Bonchev–Trinajstić information content (AvgIpc) is 1.67. The fraction of sp³-hybridized carbons (Fsp3) is 0.116. The van der Waals surface area contributed by atoms with E-state index < -0.39 is 13.7 Å². The van der Waals surface area contributed by atoms with E-state index in [9.17, 15) is 0 Å². The first kappa shape index (κ1) is 72.0. The zero-order chi connectivity index (χ0) is 78.5. The van der Waals surface area contributed by atoms with Crippen LogP contribution in [0.2, 0.25) is 0 Å². The number of hydrogen-bond acceptors (Lipinski definition) is 10. The maximum absolute atomic E-state index is 7.50. The van der Waals surface area contributed by atoms with Crippen LogP contribution >= 0.6 is 0 Å². The second kappa shape index (κ2) is 38.1. The van der Waals surface area contributed by atoms with Crippen molar-refractivity contribution >= 4 is 55.2 Å². The molecule has 0 aliphatic heterocycles. The number of nitrogens with zero attached hydrogens (tertiary/aromatic N) is 9. The van der Waals surface area contributed by atoms with Crippen molar-refractivity contribution in [1.82, 2.24) is 44.4 Å². The Morgan fingerprint density at radius 2 is 0.881 bits per heavy atom. The molecule has 0 amide bonds. The Balaban J connectivity index is 0.000000147. The van der Waals surface area contributed by atoms with Gasteiger partial charge in [0.2, 0.25) is 11.4 Å². The van der Waals surface area contributed by atoms with Gasteiger partial charge < -0.3 is 38.3 Å². The second-order valence-corrected chi connectivity index (χ2v) is 25.5. The number of furan rings is 2. The van der Waals surface area contributed by atoms with Crippen LogP contribution in [0.15, 0.2) is 289 Å². The molecule has 0 atom stereocenters. The summed E-state index contributed by atoms with van der Waals surface area (Å²) in [6.45, 7) is 11.6. The number of benzene rings is 8. The summed E-state index contributed by atoms with van der Waals surface area (Å²) < 4.78 is 58.9. The fourth-order valence-corrected chi connectivity index (χ4v) is 11.8. The molecule has 0 saturated heterocycles. The molecular formula is C95H77Ir3N9O2-6. The minimum absolute atomic E-state index is 0. The Bertz CT molecular complexity index is 6230. The Kier molecular flexibility index (Phi) is 25.2. The summed E-state index contributed by atoms with van der Waals surface area (Å²) in [6.07, 6.45) is 8.47. The zero-order valence-electron chi connectivity index (χ0n) is 67.0. The molecule has 0 N–H and O–H groups in total. The summed E-state index contributed by atoms with van der Waals surface area (Å²) in [5, 5.41) is 4.15. The predicted molar refractivity (Wildman–Crippen MR) is 430 cm³/mol. The van der Waals surface area contributed by atoms with E-state index in [1.165, 1.54) is 34.0 Å². The maximum atomic E-state index is 7.50. The van der Waals surface area contributed by atoms with E-state index in [0.29, 0.717) is 28.6 Å². The first-order chi connectivity index (χ1) is 54.1. The molecule has 0 unspecified atom stereocenters. The Hall–Kier alpha value is -11.2. The predicted octanol–water partition coefficient (Wildman–Crippen LogP) is 23.4. The number of fused-ring (bicyclic) bond motifs is 7. The monoisotopic (exact) mass is 1960 g/mol. The van der Waals surface area contributed by atoms with Crippen LogP contribution in [0.1, 0.15) is 78.3 Å². The summed E-state index contributed by atoms with van der Waals surface area (Å²) >= 11 is 0. The molecule has 0 spiro atoms. The van der Waals surface area contributed by atoms with Crippen LogP contribution in [0.4, 0.5) is 0 Å². The molecule has 18 rings (SSSR count). The summed E-state index contributed by atoms with van der Waals surface area (Å²) in [7, 11) is 0. The number of pyridine rings is 7. The van der Waals surface area contributed by atoms with Crippen molar-refractivity contribution in [3.63, 3.8) is 0 Å². The standard InChI is InChI=1S/C22H19N2.C18H13N2O.C17H11N2O.2C13H12N.C12H10N.3Ir/c1-16(2)18-12-6-8-14-20(18)24-21-15-9-7-13-19(21)23-22(24)17-10-4-3-5-11-17;1-11-8-9-19-16(10-11)15-5-3-4-13-14-7-6-12(2)20-18(14)21-17(13)15;1-11-8-9-13-12-5-4-6-14(15-7-2-3-10-18-15)16(12)20-17(13)19-11;2*1-10-8-13(14-9-11(10)2)12-6-4-3-5-7-12;1-10-7-8-12(13-9-10)11-5-3-2-4-6-11;;;/h3-10,12-16H,1-2H3;3-4,6-10H,1-2H3;2-5,7-10H,1H3;2*3-6,8-9H,1-2H3;2-5,7-9H,1H3;;;/q6*-1;;;/i;;;1D3,2D3;;;;;. The van der Waals surface area contributed by atoms with Crippen molar-refractivity contribution < 1.29 is 77.4 Å². The summed E-state index contributed by atoms with van der Waals surface area (Å²) in [6, 6.07) is 99.9. The van der Waals surface area contributed by atoms with Crippen molar-refractivity contribution in [3.05, 3.63) is 366 Å². The quantitative estimate of drug-likeness (QED) is 0.135. The van der Waals surface area contributed by atoms with Crippen LogP contribution in [0, 0.1) is 91.6 Å². The van der Waals surface area contributed by atoms with E-state index in [1.54, 1.807) is 30.5 Å². The third-order valence-electron chi connectivity index (χ3n) is 17.4. The molecule has 14 heteroatoms. The molecule has 11 nitrogen and oxygen atoms in total. The van der Waals surface area contributed by atoms with Crippen molar-refractivity contribution in [2.45, 2.75) is 75.0 Å². The molecule has 0 aliphatic rings. The molecule has 0 saturated carbocycles. The maximum Gasteiger partial charge on any atom is 0.216 e. The van der Waals surface area contributed by atoms with Gasteiger partial charge in [0.1, 0.15) is 0 Å². The molecular weight excluding hydrogens is 1880 g/mol. The average molecular weight is 1960 g/mol. The van der Waals surface area contributed by atoms with Crippen molar-refractivity contribution in [2.75, 3.05) is 0 Å². The van der Waals surface area contributed by atoms with Gasteiger partial charge in [0, 0.05) is 127 Å². The van der Waals surface area contributed by atoms with Gasteiger partial charge >= 0.3 is 0 Å². The van der Waals surface area contributed by atoms with Crippen LogP contribution < -0.4 is 0 Å². The van der Waals surface area contributed by atoms with Gasteiger partial charge in [-0.05, 0) is 166 Å². The first-order valence-electron chi connectivity index (χ1n) is 37.7. The van der Waals surface area contributed by atoms with Crippen LogP contribution in [-0.2, 0) is 60.3 Å².